The van der Waals surface area contributed by atoms with E-state index in [0.29, 0.717) is 25.3 Å². The van der Waals surface area contributed by atoms with Gasteiger partial charge in [-0.1, -0.05) is 0 Å². The molecule has 2 fully saturated rings. The van der Waals surface area contributed by atoms with Crippen LogP contribution in [0, 0.1) is 11.2 Å². The SMILES string of the molecule is O=C(O)c1ccc(S(=O)(=O)N2CCCC3(CCS(=O)(=O)C3)C2)c(F)c1. The highest BCUT2D eigenvalue weighted by Gasteiger charge is 2.47. The lowest BCUT2D eigenvalue weighted by Gasteiger charge is -2.38. The summed E-state index contributed by atoms with van der Waals surface area (Å²) in [6.07, 6.45) is 1.53. The van der Waals surface area contributed by atoms with Crippen LogP contribution in [0.4, 0.5) is 4.39 Å². The zero-order valence-corrected chi connectivity index (χ0v) is 14.9. The average molecular weight is 391 g/mol. The van der Waals surface area contributed by atoms with Crippen LogP contribution in [0.5, 0.6) is 0 Å². The number of halogens is 1. The van der Waals surface area contributed by atoms with Crippen molar-refractivity contribution in [3.8, 4) is 0 Å². The van der Waals surface area contributed by atoms with Gasteiger partial charge in [0.15, 0.2) is 9.84 Å². The van der Waals surface area contributed by atoms with Crippen LogP contribution in [0.3, 0.4) is 0 Å². The van der Waals surface area contributed by atoms with Gasteiger partial charge in [-0.05, 0) is 42.9 Å². The molecule has 0 radical (unpaired) electrons. The molecule has 2 heterocycles. The summed E-state index contributed by atoms with van der Waals surface area (Å²) in [5, 5.41) is 8.86. The van der Waals surface area contributed by atoms with E-state index in [-0.39, 0.29) is 30.2 Å². The smallest absolute Gasteiger partial charge is 0.335 e. The predicted octanol–water partition coefficient (Wildman–Crippen LogP) is 1.11. The molecule has 0 aliphatic carbocycles. The lowest BCUT2D eigenvalue weighted by molar-refractivity contribution is 0.0696. The number of carbonyl (C=O) groups is 1. The highest BCUT2D eigenvalue weighted by molar-refractivity contribution is 7.91. The molecule has 25 heavy (non-hydrogen) atoms. The largest absolute Gasteiger partial charge is 0.478 e. The number of rotatable bonds is 3. The molecule has 0 aromatic heterocycles. The zero-order valence-electron chi connectivity index (χ0n) is 13.3. The van der Waals surface area contributed by atoms with Crippen LogP contribution in [0.1, 0.15) is 29.6 Å². The van der Waals surface area contributed by atoms with Crippen molar-refractivity contribution in [1.29, 1.82) is 0 Å². The summed E-state index contributed by atoms with van der Waals surface area (Å²) in [5.41, 5.74) is -0.949. The first kappa shape index (κ1) is 18.3. The molecule has 1 spiro atoms. The highest BCUT2D eigenvalue weighted by atomic mass is 32.2. The number of hydrogen-bond acceptors (Lipinski definition) is 5. The van der Waals surface area contributed by atoms with Crippen molar-refractivity contribution in [2.24, 2.45) is 5.41 Å². The Morgan fingerprint density at radius 1 is 1.28 bits per heavy atom. The first-order chi connectivity index (χ1) is 11.5. The molecule has 3 rings (SSSR count). The van der Waals surface area contributed by atoms with E-state index in [9.17, 15) is 26.0 Å². The summed E-state index contributed by atoms with van der Waals surface area (Å²) in [5.74, 6) is -2.48. The lowest BCUT2D eigenvalue weighted by Crippen LogP contribution is -2.46. The van der Waals surface area contributed by atoms with Gasteiger partial charge in [-0.15, -0.1) is 0 Å². The number of sulfone groups is 1. The minimum atomic E-state index is -4.17. The Labute approximate surface area is 145 Å². The van der Waals surface area contributed by atoms with Gasteiger partial charge < -0.3 is 5.11 Å². The molecule has 2 aliphatic heterocycles. The number of benzene rings is 1. The third kappa shape index (κ3) is 3.42. The van der Waals surface area contributed by atoms with Crippen molar-refractivity contribution >= 4 is 25.8 Å². The van der Waals surface area contributed by atoms with E-state index in [4.69, 9.17) is 5.11 Å². The number of nitrogens with zero attached hydrogens (tertiary/aromatic N) is 1. The van der Waals surface area contributed by atoms with Gasteiger partial charge in [-0.25, -0.2) is 26.0 Å². The van der Waals surface area contributed by atoms with Crippen LogP contribution < -0.4 is 0 Å². The third-order valence-corrected chi connectivity index (χ3v) is 8.65. The van der Waals surface area contributed by atoms with Crippen LogP contribution >= 0.6 is 0 Å². The molecular formula is C15H18FNO6S2. The molecule has 1 N–H and O–H groups in total. The Bertz CT molecular complexity index is 927. The molecule has 0 saturated carbocycles. The van der Waals surface area contributed by atoms with Gasteiger partial charge in [-0.3, -0.25) is 0 Å². The zero-order chi connectivity index (χ0) is 18.5. The van der Waals surface area contributed by atoms with Crippen molar-refractivity contribution < 1.29 is 31.1 Å². The Kier molecular flexibility index (Phi) is 4.41. The minimum absolute atomic E-state index is 0.0364. The normalized spacial score (nSPS) is 26.8. The molecule has 138 valence electrons. The summed E-state index contributed by atoms with van der Waals surface area (Å²) < 4.78 is 64.5. The summed E-state index contributed by atoms with van der Waals surface area (Å²) in [7, 11) is -7.34. The summed E-state index contributed by atoms with van der Waals surface area (Å²) >= 11 is 0. The Hall–Kier alpha value is -1.52. The fourth-order valence-electron chi connectivity index (χ4n) is 3.65. The summed E-state index contributed by atoms with van der Waals surface area (Å²) in [6, 6.07) is 2.66. The fourth-order valence-corrected chi connectivity index (χ4v) is 7.49. The van der Waals surface area contributed by atoms with Gasteiger partial charge >= 0.3 is 5.97 Å². The first-order valence-corrected chi connectivity index (χ1v) is 11.0. The first-order valence-electron chi connectivity index (χ1n) is 7.78. The molecule has 10 heteroatoms. The van der Waals surface area contributed by atoms with E-state index in [2.05, 4.69) is 0 Å². The number of carboxylic acid groups (broad SMARTS) is 1. The molecule has 1 aromatic rings. The summed E-state index contributed by atoms with van der Waals surface area (Å²) in [6.45, 7) is 0.221. The van der Waals surface area contributed by atoms with Crippen LogP contribution in [0.25, 0.3) is 0 Å². The molecule has 0 amide bonds. The third-order valence-electron chi connectivity index (χ3n) is 4.89. The van der Waals surface area contributed by atoms with Crippen molar-refractivity contribution in [2.45, 2.75) is 24.2 Å². The predicted molar refractivity (Wildman–Crippen MR) is 87.1 cm³/mol. The standard InChI is InChI=1S/C15H18FNO6S2/c16-12-8-11(14(18)19)2-3-13(12)25(22,23)17-6-1-4-15(9-17)5-7-24(20,21)10-15/h2-3,8H,1,4-7,9-10H2,(H,18,19). The number of aromatic carboxylic acids is 1. The minimum Gasteiger partial charge on any atom is -0.478 e. The van der Waals surface area contributed by atoms with E-state index < -0.39 is 42.0 Å². The van der Waals surface area contributed by atoms with Crippen LogP contribution in [0.15, 0.2) is 23.1 Å². The topological polar surface area (TPSA) is 109 Å². The molecular weight excluding hydrogens is 373 g/mol. The monoisotopic (exact) mass is 391 g/mol. The molecule has 2 aliphatic rings. The molecule has 1 unspecified atom stereocenters. The quantitative estimate of drug-likeness (QED) is 0.827. The number of hydrogen-bond donors (Lipinski definition) is 1. The lowest BCUT2D eigenvalue weighted by atomic mass is 9.80. The Morgan fingerprint density at radius 2 is 2.00 bits per heavy atom. The van der Waals surface area contributed by atoms with E-state index in [0.717, 1.165) is 16.4 Å². The van der Waals surface area contributed by atoms with Gasteiger partial charge in [0.05, 0.1) is 17.1 Å². The van der Waals surface area contributed by atoms with Crippen LogP contribution in [0.2, 0.25) is 0 Å². The van der Waals surface area contributed by atoms with Crippen LogP contribution in [-0.4, -0.2) is 56.8 Å². The van der Waals surface area contributed by atoms with Crippen molar-refractivity contribution in [3.05, 3.63) is 29.6 Å². The second-order valence-electron chi connectivity index (χ2n) is 6.73. The number of carboxylic acids is 1. The van der Waals surface area contributed by atoms with Gasteiger partial charge in [0.25, 0.3) is 0 Å². The Morgan fingerprint density at radius 3 is 2.56 bits per heavy atom. The van der Waals surface area contributed by atoms with Gasteiger partial charge in [0.1, 0.15) is 10.7 Å². The average Bonchev–Trinajstić information content (AvgIpc) is 2.81. The molecule has 7 nitrogen and oxygen atoms in total. The van der Waals surface area contributed by atoms with Gasteiger partial charge in [0.2, 0.25) is 10.0 Å². The van der Waals surface area contributed by atoms with Gasteiger partial charge in [-0.2, -0.15) is 4.31 Å². The van der Waals surface area contributed by atoms with Crippen LogP contribution in [-0.2, 0) is 19.9 Å². The van der Waals surface area contributed by atoms with E-state index in [1.807, 2.05) is 0 Å². The fraction of sp³-hybridized carbons (Fsp3) is 0.533. The summed E-state index contributed by atoms with van der Waals surface area (Å²) in [4.78, 5) is 10.3. The maximum atomic E-state index is 14.2. The van der Waals surface area contributed by atoms with Crippen molar-refractivity contribution in [3.63, 3.8) is 0 Å². The molecule has 1 atom stereocenters. The second kappa shape index (κ2) is 6.03. The maximum Gasteiger partial charge on any atom is 0.335 e. The molecule has 2 saturated heterocycles. The van der Waals surface area contributed by atoms with Crippen molar-refractivity contribution in [2.75, 3.05) is 24.6 Å². The highest BCUT2D eigenvalue weighted by Crippen LogP contribution is 2.41. The maximum absolute atomic E-state index is 14.2. The van der Waals surface area contributed by atoms with Crippen molar-refractivity contribution in [1.82, 2.24) is 4.31 Å². The number of piperidine rings is 1. The Balaban J connectivity index is 1.91. The molecule has 1 aromatic carbocycles. The van der Waals surface area contributed by atoms with E-state index in [1.165, 1.54) is 0 Å². The van der Waals surface area contributed by atoms with E-state index >= 15 is 0 Å². The van der Waals surface area contributed by atoms with Gasteiger partial charge in [0, 0.05) is 13.1 Å². The second-order valence-corrected chi connectivity index (χ2v) is 10.8. The van der Waals surface area contributed by atoms with E-state index in [1.54, 1.807) is 0 Å². The number of sulfonamides is 1. The molecule has 0 bridgehead atoms.